The van der Waals surface area contributed by atoms with Gasteiger partial charge in [0, 0.05) is 30.9 Å². The Balaban J connectivity index is 1.81. The van der Waals surface area contributed by atoms with Gasteiger partial charge in [0.05, 0.1) is 12.6 Å². The van der Waals surface area contributed by atoms with E-state index in [-0.39, 0.29) is 22.9 Å². The van der Waals surface area contributed by atoms with Crippen molar-refractivity contribution in [2.45, 2.75) is 25.9 Å². The van der Waals surface area contributed by atoms with E-state index >= 15 is 0 Å². The molecule has 5 nitrogen and oxygen atoms in total. The highest BCUT2D eigenvalue weighted by Gasteiger charge is 2.35. The molecule has 0 aromatic carbocycles. The number of halogens is 4. The van der Waals surface area contributed by atoms with E-state index < -0.39 is 13.0 Å². The first-order valence-corrected chi connectivity index (χ1v) is 8.71. The van der Waals surface area contributed by atoms with Gasteiger partial charge in [0.2, 0.25) is 5.88 Å². The lowest BCUT2D eigenvalue weighted by Gasteiger charge is -2.33. The Labute approximate surface area is 159 Å². The van der Waals surface area contributed by atoms with Gasteiger partial charge in [-0.2, -0.15) is 0 Å². The summed E-state index contributed by atoms with van der Waals surface area (Å²) in [6.45, 7) is 1.93. The van der Waals surface area contributed by atoms with Crippen LogP contribution < -0.4 is 0 Å². The van der Waals surface area contributed by atoms with Gasteiger partial charge in [-0.25, -0.2) is 13.8 Å². The number of rotatable bonds is 5. The molecule has 0 radical (unpaired) electrons. The number of carbonyl (C=O) groups excluding carboxylic acids is 1. The van der Waals surface area contributed by atoms with E-state index in [1.807, 2.05) is 6.92 Å². The Hall–Kier alpha value is -1.86. The van der Waals surface area contributed by atoms with Crippen LogP contribution in [0.15, 0.2) is 34.8 Å². The molecule has 1 amide bonds. The second-order valence-electron chi connectivity index (χ2n) is 6.17. The zero-order valence-corrected chi connectivity index (χ0v) is 15.7. The summed E-state index contributed by atoms with van der Waals surface area (Å²) in [7, 11) is 1.70. The van der Waals surface area contributed by atoms with Gasteiger partial charge in [-0.1, -0.05) is 23.2 Å². The minimum Gasteiger partial charge on any atom is -0.472 e. The van der Waals surface area contributed by atoms with Crippen molar-refractivity contribution < 1.29 is 18.3 Å². The van der Waals surface area contributed by atoms with Crippen molar-refractivity contribution in [3.8, 4) is 0 Å². The summed E-state index contributed by atoms with van der Waals surface area (Å²) in [5.74, 6) is 0.0754. The van der Waals surface area contributed by atoms with Gasteiger partial charge in [-0.3, -0.25) is 4.79 Å². The van der Waals surface area contributed by atoms with Gasteiger partial charge in [0.25, 0.3) is 12.3 Å². The number of amides is 1. The van der Waals surface area contributed by atoms with Gasteiger partial charge in [0.1, 0.15) is 10.2 Å². The van der Waals surface area contributed by atoms with Crippen molar-refractivity contribution in [3.63, 3.8) is 0 Å². The molecule has 1 unspecified atom stereocenters. The Bertz CT molecular complexity index is 798. The molecule has 0 N–H and O–H groups in total. The van der Waals surface area contributed by atoms with Gasteiger partial charge in [-0.15, -0.1) is 0 Å². The van der Waals surface area contributed by atoms with Crippen molar-refractivity contribution in [3.05, 3.63) is 51.1 Å². The average Bonchev–Trinajstić information content (AvgIpc) is 2.91. The predicted octanol–water partition coefficient (Wildman–Crippen LogP) is 3.64. The van der Waals surface area contributed by atoms with Crippen LogP contribution in [-0.4, -0.2) is 53.4 Å². The lowest BCUT2D eigenvalue weighted by Crippen LogP contribution is -2.39. The van der Waals surface area contributed by atoms with Crippen LogP contribution >= 0.6 is 23.2 Å². The maximum absolute atomic E-state index is 12.7. The number of carbonyl (C=O) groups is 1. The monoisotopic (exact) mass is 403 g/mol. The minimum atomic E-state index is -2.58. The molecule has 140 valence electrons. The van der Waals surface area contributed by atoms with Crippen LogP contribution in [0, 0.1) is 0 Å². The van der Waals surface area contributed by atoms with Crippen molar-refractivity contribution >= 4 is 29.1 Å². The van der Waals surface area contributed by atoms with Crippen LogP contribution in [0.2, 0.25) is 5.15 Å². The third-order valence-corrected chi connectivity index (χ3v) is 5.05. The number of aromatic nitrogens is 1. The number of nitrogens with zero attached hydrogens (tertiary/aromatic N) is 3. The van der Waals surface area contributed by atoms with E-state index in [2.05, 4.69) is 4.98 Å². The molecule has 2 aliphatic rings. The van der Waals surface area contributed by atoms with Crippen molar-refractivity contribution in [2.24, 2.45) is 0 Å². The van der Waals surface area contributed by atoms with E-state index in [9.17, 15) is 13.6 Å². The fourth-order valence-electron chi connectivity index (χ4n) is 3.10. The molecular weight excluding hydrogens is 387 g/mol. The number of ether oxygens (including phenoxy) is 1. The van der Waals surface area contributed by atoms with E-state index in [0.29, 0.717) is 29.4 Å². The van der Waals surface area contributed by atoms with Crippen LogP contribution in [0.3, 0.4) is 0 Å². The number of fused-ring (bicyclic) bond motifs is 1. The summed E-state index contributed by atoms with van der Waals surface area (Å²) in [4.78, 5) is 20.0. The number of pyridine rings is 1. The largest absolute Gasteiger partial charge is 0.472 e. The van der Waals surface area contributed by atoms with Crippen LogP contribution in [0.25, 0.3) is 0 Å². The molecule has 9 heteroatoms. The van der Waals surface area contributed by atoms with Crippen LogP contribution in [0.5, 0.6) is 0 Å². The third-order valence-electron chi connectivity index (χ3n) is 4.46. The van der Waals surface area contributed by atoms with Crippen molar-refractivity contribution in [1.82, 2.24) is 14.8 Å². The fraction of sp³-hybridized carbons (Fsp3) is 0.412. The molecule has 1 atom stereocenters. The summed E-state index contributed by atoms with van der Waals surface area (Å²) < 4.78 is 29.8. The molecule has 0 spiro atoms. The van der Waals surface area contributed by atoms with Crippen molar-refractivity contribution in [2.75, 3.05) is 20.2 Å². The standard InChI is InChI=1S/C17H17Cl2F2N3O2/c1-9(24-7-12-11(16(24)25)3-4-22-15(12)19)10-5-13(18)17(23(2)6-10)26-8-14(20)21/h3-5,9,14H,6-8H2,1-2H3. The number of hydrogen-bond donors (Lipinski definition) is 0. The summed E-state index contributed by atoms with van der Waals surface area (Å²) >= 11 is 12.3. The van der Waals surface area contributed by atoms with E-state index in [1.165, 1.54) is 6.20 Å². The summed E-state index contributed by atoms with van der Waals surface area (Å²) in [6, 6.07) is 1.40. The molecule has 0 fully saturated rings. The first-order chi connectivity index (χ1) is 12.3. The molecular formula is C17H17Cl2F2N3O2. The highest BCUT2D eigenvalue weighted by molar-refractivity contribution is 6.31. The van der Waals surface area contributed by atoms with Gasteiger partial charge >= 0.3 is 0 Å². The molecule has 1 aromatic heterocycles. The van der Waals surface area contributed by atoms with Gasteiger partial charge < -0.3 is 14.5 Å². The molecule has 0 saturated heterocycles. The maximum atomic E-state index is 12.7. The van der Waals surface area contributed by atoms with E-state index in [0.717, 1.165) is 5.57 Å². The van der Waals surface area contributed by atoms with E-state index in [4.69, 9.17) is 27.9 Å². The number of alkyl halides is 2. The summed E-state index contributed by atoms with van der Waals surface area (Å²) in [6.07, 6.45) is 0.597. The molecule has 0 bridgehead atoms. The molecule has 0 saturated carbocycles. The minimum absolute atomic E-state index is 0.125. The van der Waals surface area contributed by atoms with Crippen LogP contribution in [0.4, 0.5) is 8.78 Å². The third kappa shape index (κ3) is 3.50. The van der Waals surface area contributed by atoms with E-state index in [1.54, 1.807) is 29.0 Å². The van der Waals surface area contributed by atoms with Crippen LogP contribution in [0.1, 0.15) is 22.8 Å². The Kier molecular flexibility index (Phi) is 5.39. The smallest absolute Gasteiger partial charge is 0.272 e. The first kappa shape index (κ1) is 18.9. The Morgan fingerprint density at radius 1 is 1.35 bits per heavy atom. The highest BCUT2D eigenvalue weighted by Crippen LogP contribution is 2.33. The normalized spacial score (nSPS) is 18.4. The first-order valence-electron chi connectivity index (χ1n) is 7.96. The maximum Gasteiger partial charge on any atom is 0.272 e. The second-order valence-corrected chi connectivity index (χ2v) is 6.93. The Morgan fingerprint density at radius 2 is 2.08 bits per heavy atom. The van der Waals surface area contributed by atoms with Gasteiger partial charge in [-0.05, 0) is 24.6 Å². The molecule has 2 aliphatic heterocycles. The molecule has 3 rings (SSSR count). The van der Waals surface area contributed by atoms with Crippen molar-refractivity contribution in [1.29, 1.82) is 0 Å². The summed E-state index contributed by atoms with van der Waals surface area (Å²) in [5.41, 5.74) is 2.12. The fourth-order valence-corrected chi connectivity index (χ4v) is 3.66. The number of allylic oxidation sites excluding steroid dienone is 2. The molecule has 0 aliphatic carbocycles. The Morgan fingerprint density at radius 3 is 2.69 bits per heavy atom. The lowest BCUT2D eigenvalue weighted by molar-refractivity contribution is 0.0229. The molecule has 26 heavy (non-hydrogen) atoms. The molecule has 1 aromatic rings. The average molecular weight is 404 g/mol. The lowest BCUT2D eigenvalue weighted by atomic mass is 10.0. The quantitative estimate of drug-likeness (QED) is 0.704. The second kappa shape index (κ2) is 7.40. The topological polar surface area (TPSA) is 45.7 Å². The number of likely N-dealkylation sites (N-methyl/N-ethyl adjacent to an activating group) is 1. The van der Waals surface area contributed by atoms with Crippen LogP contribution in [-0.2, 0) is 11.3 Å². The zero-order valence-electron chi connectivity index (χ0n) is 14.2. The molecule has 3 heterocycles. The summed E-state index contributed by atoms with van der Waals surface area (Å²) in [5, 5.41) is 0.547. The SMILES string of the molecule is CC(C1=CC(Cl)=C(OCC(F)F)N(C)C1)N1Cc2c(ccnc2Cl)C1=O. The number of hydrogen-bond acceptors (Lipinski definition) is 4. The predicted molar refractivity (Wildman–Crippen MR) is 94.1 cm³/mol. The highest BCUT2D eigenvalue weighted by atomic mass is 35.5. The zero-order chi connectivity index (χ0) is 19.0. The van der Waals surface area contributed by atoms with Gasteiger partial charge in [0.15, 0.2) is 6.61 Å².